The molecule has 0 rings (SSSR count). The number of ether oxygens (including phenoxy) is 1. The second kappa shape index (κ2) is 6.85. The van der Waals surface area contributed by atoms with Gasteiger partial charge < -0.3 is 10.5 Å². The molecule has 0 spiro atoms. The highest BCUT2D eigenvalue weighted by Gasteiger charge is 2.05. The van der Waals surface area contributed by atoms with Gasteiger partial charge in [-0.05, 0) is 25.8 Å². The van der Waals surface area contributed by atoms with Gasteiger partial charge in [0.25, 0.3) is 0 Å². The van der Waals surface area contributed by atoms with Crippen molar-refractivity contribution in [3.63, 3.8) is 0 Å². The van der Waals surface area contributed by atoms with Gasteiger partial charge in [-0.1, -0.05) is 13.3 Å². The van der Waals surface area contributed by atoms with Crippen molar-refractivity contribution in [2.45, 2.75) is 39.2 Å². The van der Waals surface area contributed by atoms with Crippen LogP contribution in [0.4, 0.5) is 0 Å². The number of hydrogen-bond donors (Lipinski definition) is 1. The second-order valence-corrected chi connectivity index (χ2v) is 2.74. The van der Waals surface area contributed by atoms with E-state index in [4.69, 9.17) is 10.5 Å². The van der Waals surface area contributed by atoms with E-state index >= 15 is 0 Å². The maximum absolute atomic E-state index is 10.8. The predicted molar refractivity (Wildman–Crippen MR) is 48.4 cm³/mol. The van der Waals surface area contributed by atoms with Gasteiger partial charge in [0.05, 0.1) is 6.26 Å². The van der Waals surface area contributed by atoms with Crippen molar-refractivity contribution >= 4 is 5.97 Å². The molecule has 0 aliphatic carbocycles. The van der Waals surface area contributed by atoms with Crippen LogP contribution < -0.4 is 5.73 Å². The molecule has 3 heteroatoms. The second-order valence-electron chi connectivity index (χ2n) is 2.74. The molecule has 12 heavy (non-hydrogen) atoms. The third-order valence-corrected chi connectivity index (χ3v) is 1.38. The number of esters is 1. The molecular formula is C9H17NO2. The minimum Gasteiger partial charge on any atom is -0.434 e. The first kappa shape index (κ1) is 11.2. The number of unbranched alkanes of at least 4 members (excludes halogenated alkanes) is 2. The summed E-state index contributed by atoms with van der Waals surface area (Å²) < 4.78 is 4.71. The summed E-state index contributed by atoms with van der Waals surface area (Å²) in [4.78, 5) is 10.8. The zero-order valence-electron chi connectivity index (χ0n) is 7.75. The van der Waals surface area contributed by atoms with Crippen LogP contribution in [0.2, 0.25) is 0 Å². The van der Waals surface area contributed by atoms with Gasteiger partial charge in [0.15, 0.2) is 0 Å². The van der Waals surface area contributed by atoms with Crippen LogP contribution in [0.25, 0.3) is 0 Å². The summed E-state index contributed by atoms with van der Waals surface area (Å²) in [6.07, 6.45) is 6.46. The first-order valence-electron chi connectivity index (χ1n) is 4.29. The lowest BCUT2D eigenvalue weighted by molar-refractivity contribution is -0.139. The summed E-state index contributed by atoms with van der Waals surface area (Å²) in [6, 6.07) is -0.541. The summed E-state index contributed by atoms with van der Waals surface area (Å²) in [5.41, 5.74) is 5.27. The molecule has 3 nitrogen and oxygen atoms in total. The fourth-order valence-electron chi connectivity index (χ4n) is 0.613. The van der Waals surface area contributed by atoms with Gasteiger partial charge in [0, 0.05) is 0 Å². The van der Waals surface area contributed by atoms with Crippen molar-refractivity contribution in [1.29, 1.82) is 0 Å². The summed E-state index contributed by atoms with van der Waals surface area (Å²) in [5.74, 6) is -0.386. The molecule has 0 bridgehead atoms. The molecule has 0 unspecified atom stereocenters. The molecule has 0 saturated carbocycles. The third kappa shape index (κ3) is 5.92. The van der Waals surface area contributed by atoms with Crippen LogP contribution in [0, 0.1) is 0 Å². The van der Waals surface area contributed by atoms with Gasteiger partial charge in [-0.15, -0.1) is 0 Å². The average molecular weight is 171 g/mol. The number of rotatable bonds is 5. The molecule has 0 aromatic heterocycles. The molecule has 0 amide bonds. The quantitative estimate of drug-likeness (QED) is 0.388. The standard InChI is InChI=1S/C9H17NO2/c1-3-4-5-6-7-12-9(11)8(2)10/h6-8H,3-5,10H2,1-2H3/t8-/m0/s1. The predicted octanol–water partition coefficient (Wildman–Crippen LogP) is 1.58. The lowest BCUT2D eigenvalue weighted by Gasteiger charge is -2.00. The maximum atomic E-state index is 10.8. The molecule has 1 atom stereocenters. The van der Waals surface area contributed by atoms with E-state index in [0.717, 1.165) is 19.3 Å². The maximum Gasteiger partial charge on any atom is 0.327 e. The highest BCUT2D eigenvalue weighted by molar-refractivity contribution is 5.75. The molecule has 0 saturated heterocycles. The Kier molecular flexibility index (Phi) is 6.38. The topological polar surface area (TPSA) is 52.3 Å². The van der Waals surface area contributed by atoms with Gasteiger partial charge in [-0.25, -0.2) is 4.79 Å². The Morgan fingerprint density at radius 2 is 2.33 bits per heavy atom. The van der Waals surface area contributed by atoms with Crippen molar-refractivity contribution in [3.8, 4) is 0 Å². The summed E-state index contributed by atoms with van der Waals surface area (Å²) in [5, 5.41) is 0. The van der Waals surface area contributed by atoms with E-state index in [9.17, 15) is 4.79 Å². The average Bonchev–Trinajstić information content (AvgIpc) is 2.03. The van der Waals surface area contributed by atoms with E-state index in [0.29, 0.717) is 0 Å². The van der Waals surface area contributed by atoms with Gasteiger partial charge >= 0.3 is 5.97 Å². The summed E-state index contributed by atoms with van der Waals surface area (Å²) >= 11 is 0. The van der Waals surface area contributed by atoms with Crippen LogP contribution in [-0.4, -0.2) is 12.0 Å². The lowest BCUT2D eigenvalue weighted by atomic mass is 10.2. The zero-order chi connectivity index (χ0) is 9.40. The van der Waals surface area contributed by atoms with Gasteiger partial charge in [-0.3, -0.25) is 0 Å². The first-order valence-corrected chi connectivity index (χ1v) is 4.29. The SMILES string of the molecule is CCCCC=COC(=O)[C@H](C)N. The van der Waals surface area contributed by atoms with Crippen LogP contribution in [0.3, 0.4) is 0 Å². The summed E-state index contributed by atoms with van der Waals surface area (Å²) in [7, 11) is 0. The van der Waals surface area contributed by atoms with Gasteiger partial charge in [-0.2, -0.15) is 0 Å². The number of carbonyl (C=O) groups is 1. The van der Waals surface area contributed by atoms with Crippen molar-refractivity contribution < 1.29 is 9.53 Å². The van der Waals surface area contributed by atoms with Gasteiger partial charge in [0.1, 0.15) is 6.04 Å². The van der Waals surface area contributed by atoms with Gasteiger partial charge in [0.2, 0.25) is 0 Å². The molecular weight excluding hydrogens is 154 g/mol. The van der Waals surface area contributed by atoms with Crippen LogP contribution in [0.1, 0.15) is 33.1 Å². The van der Waals surface area contributed by atoms with Crippen molar-refractivity contribution in [2.24, 2.45) is 5.73 Å². The van der Waals surface area contributed by atoms with E-state index < -0.39 is 6.04 Å². The Morgan fingerprint density at radius 3 is 2.83 bits per heavy atom. The zero-order valence-corrected chi connectivity index (χ0v) is 7.75. The third-order valence-electron chi connectivity index (χ3n) is 1.38. The Labute approximate surface area is 73.6 Å². The van der Waals surface area contributed by atoms with Crippen LogP contribution in [-0.2, 0) is 9.53 Å². The minimum atomic E-state index is -0.541. The Bertz CT molecular complexity index is 153. The van der Waals surface area contributed by atoms with Crippen LogP contribution >= 0.6 is 0 Å². The van der Waals surface area contributed by atoms with Crippen molar-refractivity contribution in [3.05, 3.63) is 12.3 Å². The molecule has 0 heterocycles. The van der Waals surface area contributed by atoms with E-state index in [1.54, 1.807) is 6.92 Å². The highest BCUT2D eigenvalue weighted by atomic mass is 16.5. The molecule has 0 aliphatic rings. The van der Waals surface area contributed by atoms with Crippen molar-refractivity contribution in [1.82, 2.24) is 0 Å². The number of allylic oxidation sites excluding steroid dienone is 1. The van der Waals surface area contributed by atoms with E-state index in [1.165, 1.54) is 6.26 Å². The fourth-order valence-corrected chi connectivity index (χ4v) is 0.613. The molecule has 70 valence electrons. The monoisotopic (exact) mass is 171 g/mol. The van der Waals surface area contributed by atoms with Crippen LogP contribution in [0.5, 0.6) is 0 Å². The fraction of sp³-hybridized carbons (Fsp3) is 0.667. The lowest BCUT2D eigenvalue weighted by Crippen LogP contribution is -2.27. The van der Waals surface area contributed by atoms with E-state index in [-0.39, 0.29) is 5.97 Å². The highest BCUT2D eigenvalue weighted by Crippen LogP contribution is 1.95. The molecule has 0 aliphatic heterocycles. The Balaban J connectivity index is 3.40. The normalized spacial score (nSPS) is 13.2. The molecule has 0 fully saturated rings. The Hall–Kier alpha value is -0.830. The molecule has 0 radical (unpaired) electrons. The number of carbonyl (C=O) groups excluding carboxylic acids is 1. The number of hydrogen-bond acceptors (Lipinski definition) is 3. The first-order chi connectivity index (χ1) is 5.68. The van der Waals surface area contributed by atoms with E-state index in [2.05, 4.69) is 6.92 Å². The molecule has 0 aromatic carbocycles. The van der Waals surface area contributed by atoms with E-state index in [1.807, 2.05) is 6.08 Å². The largest absolute Gasteiger partial charge is 0.434 e. The molecule has 2 N–H and O–H groups in total. The summed E-state index contributed by atoms with van der Waals surface area (Å²) in [6.45, 7) is 3.71. The molecule has 0 aromatic rings. The minimum absolute atomic E-state index is 0.386. The Morgan fingerprint density at radius 1 is 1.67 bits per heavy atom. The number of nitrogens with two attached hydrogens (primary N) is 1. The van der Waals surface area contributed by atoms with Crippen LogP contribution in [0.15, 0.2) is 12.3 Å². The van der Waals surface area contributed by atoms with Crippen molar-refractivity contribution in [2.75, 3.05) is 0 Å². The smallest absolute Gasteiger partial charge is 0.327 e.